The minimum absolute atomic E-state index is 0.237. The van der Waals surface area contributed by atoms with Crippen molar-refractivity contribution in [1.82, 2.24) is 0 Å². The van der Waals surface area contributed by atoms with Crippen molar-refractivity contribution < 1.29 is 24.1 Å². The van der Waals surface area contributed by atoms with Gasteiger partial charge in [0.2, 0.25) is 5.79 Å². The molecule has 5 nitrogen and oxygen atoms in total. The molecule has 2 saturated heterocycles. The smallest absolute Gasteiger partial charge is 0.222 e. The van der Waals surface area contributed by atoms with Gasteiger partial charge in [0.25, 0.3) is 0 Å². The van der Waals surface area contributed by atoms with E-state index in [0.29, 0.717) is 5.56 Å². The molecule has 0 radical (unpaired) electrons. The average Bonchev–Trinajstić information content (AvgIpc) is 2.74. The van der Waals surface area contributed by atoms with Gasteiger partial charge >= 0.3 is 0 Å². The minimum Gasteiger partial charge on any atom is -0.373 e. The topological polar surface area (TPSA) is 57.2 Å². The fourth-order valence-corrected chi connectivity index (χ4v) is 2.98. The third-order valence-electron chi connectivity index (χ3n) is 3.81. The van der Waals surface area contributed by atoms with Crippen molar-refractivity contribution in [3.05, 3.63) is 35.9 Å². The van der Waals surface area contributed by atoms with E-state index in [9.17, 15) is 5.11 Å². The first kappa shape index (κ1) is 14.0. The van der Waals surface area contributed by atoms with Crippen molar-refractivity contribution in [1.29, 1.82) is 0 Å². The molecule has 110 valence electrons. The molecule has 1 aromatic carbocycles. The van der Waals surface area contributed by atoms with Crippen molar-refractivity contribution in [2.45, 2.75) is 43.7 Å². The first-order valence-corrected chi connectivity index (χ1v) is 6.76. The summed E-state index contributed by atoms with van der Waals surface area (Å²) in [4.78, 5) is 0. The zero-order valence-electron chi connectivity index (χ0n) is 11.9. The highest BCUT2D eigenvalue weighted by Gasteiger charge is 2.58. The summed E-state index contributed by atoms with van der Waals surface area (Å²) in [6.45, 7) is 3.96. The standard InChI is InChI=1S/C15H20O5/c1-14(2)19-11-9-18-15(16,10-7-5-4-6-8-10)13(17-3)12(11)20-14/h4-8,11-13,16H,9H2,1-3H3/t11-,12-,13+,15?/m0/s1. The largest absolute Gasteiger partial charge is 0.373 e. The van der Waals surface area contributed by atoms with Gasteiger partial charge in [0.1, 0.15) is 18.3 Å². The Labute approximate surface area is 118 Å². The van der Waals surface area contributed by atoms with Crippen LogP contribution in [-0.2, 0) is 24.7 Å². The lowest BCUT2D eigenvalue weighted by atomic mass is 9.91. The Balaban J connectivity index is 1.94. The van der Waals surface area contributed by atoms with Gasteiger partial charge in [-0.2, -0.15) is 0 Å². The summed E-state index contributed by atoms with van der Waals surface area (Å²) < 4.78 is 22.8. The molecule has 5 heteroatoms. The number of ether oxygens (including phenoxy) is 4. The van der Waals surface area contributed by atoms with Crippen LogP contribution in [0.2, 0.25) is 0 Å². The normalized spacial score (nSPS) is 39.5. The van der Waals surface area contributed by atoms with Gasteiger partial charge in [-0.05, 0) is 13.8 Å². The van der Waals surface area contributed by atoms with E-state index in [1.54, 1.807) is 7.11 Å². The Hall–Kier alpha value is -0.980. The van der Waals surface area contributed by atoms with Gasteiger partial charge in [0.15, 0.2) is 5.79 Å². The van der Waals surface area contributed by atoms with E-state index < -0.39 is 17.7 Å². The maximum atomic E-state index is 10.9. The molecular weight excluding hydrogens is 260 g/mol. The maximum absolute atomic E-state index is 10.9. The Morgan fingerprint density at radius 2 is 1.90 bits per heavy atom. The number of rotatable bonds is 2. The lowest BCUT2D eigenvalue weighted by Crippen LogP contribution is -2.58. The molecule has 0 amide bonds. The number of methoxy groups -OCH3 is 1. The average molecular weight is 280 g/mol. The summed E-state index contributed by atoms with van der Waals surface area (Å²) in [5.41, 5.74) is 0.651. The van der Waals surface area contributed by atoms with Crippen LogP contribution < -0.4 is 0 Å². The third kappa shape index (κ3) is 2.16. The van der Waals surface area contributed by atoms with E-state index in [0.717, 1.165) is 0 Å². The van der Waals surface area contributed by atoms with Crippen molar-refractivity contribution >= 4 is 0 Å². The summed E-state index contributed by atoms with van der Waals surface area (Å²) in [5, 5.41) is 10.9. The zero-order chi connectivity index (χ0) is 14.4. The molecular formula is C15H20O5. The number of fused-ring (bicyclic) bond motifs is 1. The Kier molecular flexibility index (Phi) is 3.35. The summed E-state index contributed by atoms with van der Waals surface area (Å²) in [5.74, 6) is -2.22. The van der Waals surface area contributed by atoms with Crippen molar-refractivity contribution in [2.75, 3.05) is 13.7 Å². The van der Waals surface area contributed by atoms with Crippen LogP contribution in [0.1, 0.15) is 19.4 Å². The lowest BCUT2D eigenvalue weighted by molar-refractivity contribution is -0.321. The van der Waals surface area contributed by atoms with E-state index in [2.05, 4.69) is 0 Å². The molecule has 1 N–H and O–H groups in total. The van der Waals surface area contributed by atoms with E-state index in [4.69, 9.17) is 18.9 Å². The van der Waals surface area contributed by atoms with Crippen molar-refractivity contribution in [2.24, 2.45) is 0 Å². The molecule has 0 bridgehead atoms. The monoisotopic (exact) mass is 280 g/mol. The van der Waals surface area contributed by atoms with Gasteiger partial charge in [0.05, 0.1) is 6.61 Å². The second-order valence-corrected chi connectivity index (χ2v) is 5.67. The van der Waals surface area contributed by atoms with Crippen LogP contribution in [0.4, 0.5) is 0 Å². The summed E-state index contributed by atoms with van der Waals surface area (Å²) in [6, 6.07) is 9.22. The van der Waals surface area contributed by atoms with Crippen LogP contribution in [0.5, 0.6) is 0 Å². The minimum atomic E-state index is -1.53. The predicted molar refractivity (Wildman–Crippen MR) is 70.9 cm³/mol. The van der Waals surface area contributed by atoms with Crippen LogP contribution in [0, 0.1) is 0 Å². The number of hydrogen-bond acceptors (Lipinski definition) is 5. The van der Waals surface area contributed by atoms with Crippen molar-refractivity contribution in [3.8, 4) is 0 Å². The van der Waals surface area contributed by atoms with Gasteiger partial charge < -0.3 is 24.1 Å². The molecule has 0 aromatic heterocycles. The van der Waals surface area contributed by atoms with Crippen LogP contribution >= 0.6 is 0 Å². The highest BCUT2D eigenvalue weighted by atomic mass is 16.8. The van der Waals surface area contributed by atoms with E-state index in [1.807, 2.05) is 44.2 Å². The van der Waals surface area contributed by atoms with Crippen LogP contribution in [0.25, 0.3) is 0 Å². The maximum Gasteiger partial charge on any atom is 0.222 e. The highest BCUT2D eigenvalue weighted by molar-refractivity contribution is 5.23. The Morgan fingerprint density at radius 3 is 2.55 bits per heavy atom. The highest BCUT2D eigenvalue weighted by Crippen LogP contribution is 2.42. The quantitative estimate of drug-likeness (QED) is 0.887. The van der Waals surface area contributed by atoms with Gasteiger partial charge in [-0.1, -0.05) is 30.3 Å². The van der Waals surface area contributed by atoms with E-state index in [-0.39, 0.29) is 18.8 Å². The van der Waals surface area contributed by atoms with Crippen LogP contribution in [0.15, 0.2) is 30.3 Å². The number of hydrogen-bond donors (Lipinski definition) is 1. The molecule has 20 heavy (non-hydrogen) atoms. The first-order chi connectivity index (χ1) is 9.46. The number of aliphatic hydroxyl groups is 1. The molecule has 0 saturated carbocycles. The van der Waals surface area contributed by atoms with Gasteiger partial charge in [-0.15, -0.1) is 0 Å². The van der Waals surface area contributed by atoms with Gasteiger partial charge in [-0.3, -0.25) is 0 Å². The Morgan fingerprint density at radius 1 is 1.20 bits per heavy atom. The SMILES string of the molecule is CO[C@@H]1[C@H]2OC(C)(C)O[C@H]2COC1(O)c1ccccc1. The van der Waals surface area contributed by atoms with Crippen LogP contribution in [0.3, 0.4) is 0 Å². The van der Waals surface area contributed by atoms with E-state index >= 15 is 0 Å². The Bertz CT molecular complexity index is 474. The molecule has 1 unspecified atom stereocenters. The van der Waals surface area contributed by atoms with Gasteiger partial charge in [-0.25, -0.2) is 0 Å². The summed E-state index contributed by atoms with van der Waals surface area (Å²) in [6.07, 6.45) is -1.25. The molecule has 0 aliphatic carbocycles. The van der Waals surface area contributed by atoms with Gasteiger partial charge in [0, 0.05) is 12.7 Å². The number of benzene rings is 1. The molecule has 2 aliphatic heterocycles. The fourth-order valence-electron chi connectivity index (χ4n) is 2.98. The molecule has 2 aliphatic rings. The fraction of sp³-hybridized carbons (Fsp3) is 0.600. The predicted octanol–water partition coefficient (Wildman–Crippen LogP) is 1.40. The van der Waals surface area contributed by atoms with Crippen molar-refractivity contribution in [3.63, 3.8) is 0 Å². The zero-order valence-corrected chi connectivity index (χ0v) is 11.9. The molecule has 2 heterocycles. The summed E-state index contributed by atoms with van der Waals surface area (Å²) in [7, 11) is 1.54. The second-order valence-electron chi connectivity index (χ2n) is 5.67. The lowest BCUT2D eigenvalue weighted by Gasteiger charge is -2.43. The van der Waals surface area contributed by atoms with Crippen LogP contribution in [-0.4, -0.2) is 42.9 Å². The molecule has 4 atom stereocenters. The van der Waals surface area contributed by atoms with E-state index in [1.165, 1.54) is 0 Å². The summed E-state index contributed by atoms with van der Waals surface area (Å²) >= 11 is 0. The molecule has 3 rings (SSSR count). The second kappa shape index (κ2) is 4.79. The molecule has 2 fully saturated rings. The molecule has 1 aromatic rings. The first-order valence-electron chi connectivity index (χ1n) is 6.76. The molecule has 0 spiro atoms. The third-order valence-corrected chi connectivity index (χ3v) is 3.81.